The van der Waals surface area contributed by atoms with Crippen LogP contribution in [0.15, 0.2) is 12.4 Å². The Bertz CT molecular complexity index is 562. The van der Waals surface area contributed by atoms with Gasteiger partial charge >= 0.3 is 5.97 Å². The standard InChI is InChI=1S/C11H14N4O2/c1-3-17-10(16)5-9-11-8(12)4-7(2)15(11)14-6-13-9/h4,6H,3,5,12H2,1-2H3. The van der Waals surface area contributed by atoms with Gasteiger partial charge in [-0.1, -0.05) is 0 Å². The highest BCUT2D eigenvalue weighted by Crippen LogP contribution is 2.20. The lowest BCUT2D eigenvalue weighted by molar-refractivity contribution is -0.142. The quantitative estimate of drug-likeness (QED) is 0.791. The summed E-state index contributed by atoms with van der Waals surface area (Å²) >= 11 is 0. The molecule has 2 rings (SSSR count). The number of ether oxygens (including phenoxy) is 1. The molecule has 17 heavy (non-hydrogen) atoms. The topological polar surface area (TPSA) is 82.5 Å². The second-order valence-electron chi connectivity index (χ2n) is 3.69. The van der Waals surface area contributed by atoms with Crippen molar-refractivity contribution in [2.24, 2.45) is 0 Å². The molecule has 0 atom stereocenters. The fourth-order valence-electron chi connectivity index (χ4n) is 1.78. The van der Waals surface area contributed by atoms with Crippen LogP contribution >= 0.6 is 0 Å². The molecule has 0 spiro atoms. The van der Waals surface area contributed by atoms with Gasteiger partial charge in [-0.2, -0.15) is 5.10 Å². The molecule has 0 aliphatic heterocycles. The van der Waals surface area contributed by atoms with E-state index in [-0.39, 0.29) is 12.4 Å². The Morgan fingerprint density at radius 3 is 3.06 bits per heavy atom. The summed E-state index contributed by atoms with van der Waals surface area (Å²) in [6.45, 7) is 4.02. The zero-order valence-electron chi connectivity index (χ0n) is 9.80. The molecule has 0 amide bonds. The number of esters is 1. The second kappa shape index (κ2) is 4.40. The molecule has 0 aliphatic carbocycles. The van der Waals surface area contributed by atoms with E-state index in [0.29, 0.717) is 23.5 Å². The predicted molar refractivity (Wildman–Crippen MR) is 62.5 cm³/mol. The van der Waals surface area contributed by atoms with Gasteiger partial charge in [-0.3, -0.25) is 4.79 Å². The van der Waals surface area contributed by atoms with Crippen molar-refractivity contribution in [3.63, 3.8) is 0 Å². The van der Waals surface area contributed by atoms with Crippen molar-refractivity contribution in [2.75, 3.05) is 12.3 Å². The Labute approximate surface area is 98.4 Å². The smallest absolute Gasteiger partial charge is 0.311 e. The number of nitrogen functional groups attached to an aromatic ring is 1. The Kier molecular flexibility index (Phi) is 2.95. The summed E-state index contributed by atoms with van der Waals surface area (Å²) < 4.78 is 6.57. The molecule has 0 saturated carbocycles. The zero-order chi connectivity index (χ0) is 12.4. The maximum Gasteiger partial charge on any atom is 0.311 e. The third-order valence-corrected chi connectivity index (χ3v) is 2.45. The molecular weight excluding hydrogens is 220 g/mol. The molecule has 2 N–H and O–H groups in total. The highest BCUT2D eigenvalue weighted by atomic mass is 16.5. The summed E-state index contributed by atoms with van der Waals surface area (Å²) in [4.78, 5) is 15.5. The van der Waals surface area contributed by atoms with Crippen LogP contribution in [0.4, 0.5) is 5.69 Å². The lowest BCUT2D eigenvalue weighted by Crippen LogP contribution is -2.11. The molecule has 0 aliphatic rings. The Morgan fingerprint density at radius 1 is 1.59 bits per heavy atom. The first kappa shape index (κ1) is 11.4. The number of hydrogen-bond acceptors (Lipinski definition) is 5. The van der Waals surface area contributed by atoms with Gasteiger partial charge in [0.25, 0.3) is 0 Å². The number of carbonyl (C=O) groups excluding carboxylic acids is 1. The van der Waals surface area contributed by atoms with Crippen molar-refractivity contribution in [3.05, 3.63) is 23.8 Å². The van der Waals surface area contributed by atoms with E-state index < -0.39 is 0 Å². The van der Waals surface area contributed by atoms with Gasteiger partial charge in [0, 0.05) is 5.69 Å². The maximum atomic E-state index is 11.4. The lowest BCUT2D eigenvalue weighted by Gasteiger charge is -2.04. The molecule has 0 saturated heterocycles. The van der Waals surface area contributed by atoms with Crippen LogP contribution in [-0.2, 0) is 16.0 Å². The molecule has 2 aromatic heterocycles. The van der Waals surface area contributed by atoms with Crippen LogP contribution in [0.2, 0.25) is 0 Å². The van der Waals surface area contributed by atoms with E-state index in [0.717, 1.165) is 5.69 Å². The molecule has 0 fully saturated rings. The third kappa shape index (κ3) is 2.06. The van der Waals surface area contributed by atoms with Crippen LogP contribution in [0.1, 0.15) is 18.3 Å². The summed E-state index contributed by atoms with van der Waals surface area (Å²) in [5.74, 6) is -0.314. The number of aryl methyl sites for hydroxylation is 1. The van der Waals surface area contributed by atoms with Gasteiger partial charge in [-0.25, -0.2) is 9.50 Å². The van der Waals surface area contributed by atoms with Gasteiger partial charge in [0.05, 0.1) is 24.4 Å². The lowest BCUT2D eigenvalue weighted by atomic mass is 10.2. The SMILES string of the molecule is CCOC(=O)Cc1ncnn2c(C)cc(N)c12. The Morgan fingerprint density at radius 2 is 2.35 bits per heavy atom. The van der Waals surface area contributed by atoms with Crippen LogP contribution in [-0.4, -0.2) is 27.2 Å². The average Bonchev–Trinajstić information content (AvgIpc) is 2.56. The average molecular weight is 234 g/mol. The number of fused-ring (bicyclic) bond motifs is 1. The number of hydrogen-bond donors (Lipinski definition) is 1. The molecule has 2 aromatic rings. The Balaban J connectivity index is 2.44. The summed E-state index contributed by atoms with van der Waals surface area (Å²) in [5, 5.41) is 4.09. The molecule has 0 unspecified atom stereocenters. The monoisotopic (exact) mass is 234 g/mol. The fraction of sp³-hybridized carbons (Fsp3) is 0.364. The first-order valence-electron chi connectivity index (χ1n) is 5.36. The van der Waals surface area contributed by atoms with Crippen LogP contribution in [0.3, 0.4) is 0 Å². The largest absolute Gasteiger partial charge is 0.466 e. The van der Waals surface area contributed by atoms with Crippen LogP contribution < -0.4 is 5.73 Å². The molecule has 2 heterocycles. The number of anilines is 1. The van der Waals surface area contributed by atoms with Gasteiger partial charge in [0.2, 0.25) is 0 Å². The zero-order valence-corrected chi connectivity index (χ0v) is 9.80. The van der Waals surface area contributed by atoms with Crippen molar-refractivity contribution < 1.29 is 9.53 Å². The second-order valence-corrected chi connectivity index (χ2v) is 3.69. The van der Waals surface area contributed by atoms with E-state index in [2.05, 4.69) is 10.1 Å². The first-order valence-corrected chi connectivity index (χ1v) is 5.36. The van der Waals surface area contributed by atoms with Gasteiger partial charge < -0.3 is 10.5 Å². The molecule has 0 radical (unpaired) electrons. The minimum absolute atomic E-state index is 0.105. The van der Waals surface area contributed by atoms with Crippen LogP contribution in [0.25, 0.3) is 5.52 Å². The van der Waals surface area contributed by atoms with Crippen molar-refractivity contribution in [1.82, 2.24) is 14.6 Å². The summed E-state index contributed by atoms with van der Waals surface area (Å²) in [6.07, 6.45) is 1.52. The van der Waals surface area contributed by atoms with Crippen molar-refractivity contribution in [3.8, 4) is 0 Å². The summed E-state index contributed by atoms with van der Waals surface area (Å²) in [5.41, 5.74) is 8.62. The molecule has 0 aromatic carbocycles. The van der Waals surface area contributed by atoms with E-state index in [1.54, 1.807) is 17.5 Å². The van der Waals surface area contributed by atoms with E-state index in [1.807, 2.05) is 6.92 Å². The van der Waals surface area contributed by atoms with Gasteiger partial charge in [0.15, 0.2) is 0 Å². The third-order valence-electron chi connectivity index (χ3n) is 2.45. The normalized spacial score (nSPS) is 10.7. The first-order chi connectivity index (χ1) is 8.13. The summed E-state index contributed by atoms with van der Waals surface area (Å²) in [6, 6.07) is 1.80. The Hall–Kier alpha value is -2.11. The van der Waals surface area contributed by atoms with Crippen molar-refractivity contribution in [2.45, 2.75) is 20.3 Å². The fourth-order valence-corrected chi connectivity index (χ4v) is 1.78. The number of nitrogens with zero attached hydrogens (tertiary/aromatic N) is 3. The van der Waals surface area contributed by atoms with Gasteiger partial charge in [-0.05, 0) is 19.9 Å². The van der Waals surface area contributed by atoms with Gasteiger partial charge in [-0.15, -0.1) is 0 Å². The highest BCUT2D eigenvalue weighted by Gasteiger charge is 2.14. The van der Waals surface area contributed by atoms with Gasteiger partial charge in [0.1, 0.15) is 11.8 Å². The number of aromatic nitrogens is 3. The number of rotatable bonds is 3. The molecule has 6 nitrogen and oxygen atoms in total. The number of nitrogens with two attached hydrogens (primary N) is 1. The minimum Gasteiger partial charge on any atom is -0.466 e. The van der Waals surface area contributed by atoms with E-state index >= 15 is 0 Å². The van der Waals surface area contributed by atoms with E-state index in [4.69, 9.17) is 10.5 Å². The molecule has 90 valence electrons. The molecule has 6 heteroatoms. The summed E-state index contributed by atoms with van der Waals surface area (Å²) in [7, 11) is 0. The predicted octanol–water partition coefficient (Wildman–Crippen LogP) is 0.726. The van der Waals surface area contributed by atoms with Crippen LogP contribution in [0.5, 0.6) is 0 Å². The highest BCUT2D eigenvalue weighted by molar-refractivity contribution is 5.80. The van der Waals surface area contributed by atoms with Crippen LogP contribution in [0, 0.1) is 6.92 Å². The number of carbonyl (C=O) groups is 1. The van der Waals surface area contributed by atoms with Crippen molar-refractivity contribution >= 4 is 17.2 Å². The van der Waals surface area contributed by atoms with Crippen molar-refractivity contribution in [1.29, 1.82) is 0 Å². The minimum atomic E-state index is -0.314. The molecular formula is C11H14N4O2. The van der Waals surface area contributed by atoms with E-state index in [1.165, 1.54) is 6.33 Å². The van der Waals surface area contributed by atoms with E-state index in [9.17, 15) is 4.79 Å². The molecule has 0 bridgehead atoms. The maximum absolute atomic E-state index is 11.4.